The first kappa shape index (κ1) is 20.2. The number of fused-ring (bicyclic) bond motifs is 5. The second-order valence-electron chi connectivity index (χ2n) is 11.8. The maximum absolute atomic E-state index is 13.6. The molecule has 0 radical (unpaired) electrons. The molecule has 162 valence electrons. The molecule has 1 N–H and O–H groups in total. The quantitative estimate of drug-likeness (QED) is 0.713. The largest absolute Gasteiger partial charge is 0.472 e. The van der Waals surface area contributed by atoms with Crippen LogP contribution in [0.25, 0.3) is 0 Å². The summed E-state index contributed by atoms with van der Waals surface area (Å²) in [4.78, 5) is 26.2. The van der Waals surface area contributed by atoms with Crippen LogP contribution >= 0.6 is 0 Å². The molecule has 4 aliphatic rings. The van der Waals surface area contributed by atoms with E-state index >= 15 is 0 Å². The van der Waals surface area contributed by atoms with Crippen molar-refractivity contribution in [1.29, 1.82) is 0 Å². The molecule has 0 spiro atoms. The maximum atomic E-state index is 13.6. The molecule has 4 aliphatic carbocycles. The lowest BCUT2D eigenvalue weighted by Crippen LogP contribution is -2.66. The SMILES string of the molecule is CC1(C)C(=O)C=C[C@]2(C)[C@H]3CC[C@]4(C)[C@@H](C(=O)C[C@H]4c4ccoc4)[C@]3(C)[C@H](O)C[C@@H]12. The van der Waals surface area contributed by atoms with Gasteiger partial charge < -0.3 is 9.52 Å². The summed E-state index contributed by atoms with van der Waals surface area (Å²) in [5.41, 5.74) is -0.254. The van der Waals surface area contributed by atoms with Gasteiger partial charge in [-0.3, -0.25) is 9.59 Å². The van der Waals surface area contributed by atoms with Crippen LogP contribution in [-0.2, 0) is 9.59 Å². The summed E-state index contributed by atoms with van der Waals surface area (Å²) >= 11 is 0. The smallest absolute Gasteiger partial charge is 0.161 e. The number of aliphatic hydroxyl groups is 1. The predicted octanol–water partition coefficient (Wildman–Crippen LogP) is 4.93. The van der Waals surface area contributed by atoms with Crippen molar-refractivity contribution >= 4 is 11.6 Å². The Morgan fingerprint density at radius 2 is 1.83 bits per heavy atom. The number of ketones is 2. The fourth-order valence-corrected chi connectivity index (χ4v) is 8.76. The molecular weight excluding hydrogens is 376 g/mol. The van der Waals surface area contributed by atoms with Gasteiger partial charge >= 0.3 is 0 Å². The molecule has 1 aromatic rings. The summed E-state index contributed by atoms with van der Waals surface area (Å²) in [5.74, 6) is 0.661. The number of aliphatic hydroxyl groups excluding tert-OH is 1. The molecule has 0 saturated heterocycles. The molecule has 0 unspecified atom stereocenters. The number of carbonyl (C=O) groups is 2. The molecule has 3 fully saturated rings. The summed E-state index contributed by atoms with van der Waals surface area (Å²) in [6.07, 6.45) is 9.79. The molecule has 0 amide bonds. The Hall–Kier alpha value is -1.68. The molecule has 1 aromatic heterocycles. The van der Waals surface area contributed by atoms with E-state index < -0.39 is 16.9 Å². The van der Waals surface area contributed by atoms with E-state index in [9.17, 15) is 14.7 Å². The van der Waals surface area contributed by atoms with Crippen molar-refractivity contribution in [3.8, 4) is 0 Å². The van der Waals surface area contributed by atoms with Gasteiger partial charge in [-0.05, 0) is 65.6 Å². The van der Waals surface area contributed by atoms with Crippen molar-refractivity contribution in [2.45, 2.75) is 72.3 Å². The number of carbonyl (C=O) groups excluding carboxylic acids is 2. The van der Waals surface area contributed by atoms with Crippen LogP contribution in [0.1, 0.15) is 71.8 Å². The van der Waals surface area contributed by atoms with Crippen LogP contribution in [0.4, 0.5) is 0 Å². The average molecular weight is 411 g/mol. The molecule has 0 bridgehead atoms. The fraction of sp³-hybridized carbons (Fsp3) is 0.692. The summed E-state index contributed by atoms with van der Waals surface area (Å²) in [5, 5.41) is 11.6. The highest BCUT2D eigenvalue weighted by Crippen LogP contribution is 2.73. The number of hydrogen-bond donors (Lipinski definition) is 1. The van der Waals surface area contributed by atoms with Crippen molar-refractivity contribution in [3.63, 3.8) is 0 Å². The average Bonchev–Trinajstić information content (AvgIpc) is 3.28. The van der Waals surface area contributed by atoms with Gasteiger partial charge in [-0.15, -0.1) is 0 Å². The molecular formula is C26H34O4. The van der Waals surface area contributed by atoms with Gasteiger partial charge in [0.05, 0.1) is 18.6 Å². The lowest BCUT2D eigenvalue weighted by molar-refractivity contribution is -0.209. The van der Waals surface area contributed by atoms with E-state index in [2.05, 4.69) is 26.8 Å². The molecule has 30 heavy (non-hydrogen) atoms. The number of Topliss-reactive ketones (excluding diaryl/α,β-unsaturated/α-hetero) is 1. The van der Waals surface area contributed by atoms with E-state index in [0.717, 1.165) is 18.4 Å². The van der Waals surface area contributed by atoms with Crippen LogP contribution in [-0.4, -0.2) is 22.8 Å². The molecule has 3 saturated carbocycles. The predicted molar refractivity (Wildman–Crippen MR) is 114 cm³/mol. The normalized spacial score (nSPS) is 49.5. The Balaban J connectivity index is 1.63. The topological polar surface area (TPSA) is 67.5 Å². The minimum atomic E-state index is -0.587. The van der Waals surface area contributed by atoms with E-state index in [1.54, 1.807) is 18.6 Å². The zero-order valence-electron chi connectivity index (χ0n) is 18.8. The number of furan rings is 1. The van der Waals surface area contributed by atoms with E-state index in [4.69, 9.17) is 4.42 Å². The maximum Gasteiger partial charge on any atom is 0.161 e. The van der Waals surface area contributed by atoms with Gasteiger partial charge in [-0.25, -0.2) is 0 Å². The van der Waals surface area contributed by atoms with Gasteiger partial charge in [0.15, 0.2) is 5.78 Å². The van der Waals surface area contributed by atoms with Crippen molar-refractivity contribution < 1.29 is 19.1 Å². The second-order valence-corrected chi connectivity index (χ2v) is 11.8. The van der Waals surface area contributed by atoms with Gasteiger partial charge in [0.2, 0.25) is 0 Å². The molecule has 1 heterocycles. The van der Waals surface area contributed by atoms with Gasteiger partial charge in [-0.2, -0.15) is 0 Å². The van der Waals surface area contributed by atoms with Gasteiger partial charge in [0, 0.05) is 23.2 Å². The molecule has 5 rings (SSSR count). The second kappa shape index (κ2) is 5.97. The third-order valence-electron chi connectivity index (χ3n) is 10.3. The molecule has 4 heteroatoms. The van der Waals surface area contributed by atoms with Crippen LogP contribution in [0, 0.1) is 39.4 Å². The highest BCUT2D eigenvalue weighted by molar-refractivity contribution is 5.96. The Labute approximate surface area is 179 Å². The number of hydrogen-bond acceptors (Lipinski definition) is 4. The first-order chi connectivity index (χ1) is 14.0. The summed E-state index contributed by atoms with van der Waals surface area (Å²) in [6, 6.07) is 1.99. The lowest BCUT2D eigenvalue weighted by atomic mass is 9.37. The highest BCUT2D eigenvalue weighted by Gasteiger charge is 2.71. The first-order valence-electron chi connectivity index (χ1n) is 11.4. The third kappa shape index (κ3) is 2.21. The Morgan fingerprint density at radius 1 is 1.10 bits per heavy atom. The Morgan fingerprint density at radius 3 is 2.50 bits per heavy atom. The lowest BCUT2D eigenvalue weighted by Gasteiger charge is -2.67. The fourth-order valence-electron chi connectivity index (χ4n) is 8.76. The zero-order chi connectivity index (χ0) is 21.7. The van der Waals surface area contributed by atoms with Crippen LogP contribution in [0.5, 0.6) is 0 Å². The van der Waals surface area contributed by atoms with E-state index in [0.29, 0.717) is 12.8 Å². The van der Waals surface area contributed by atoms with Crippen molar-refractivity contribution in [3.05, 3.63) is 36.3 Å². The van der Waals surface area contributed by atoms with Crippen LogP contribution in [0.15, 0.2) is 35.2 Å². The van der Waals surface area contributed by atoms with Crippen LogP contribution < -0.4 is 0 Å². The van der Waals surface area contributed by atoms with Crippen LogP contribution in [0.3, 0.4) is 0 Å². The monoisotopic (exact) mass is 410 g/mol. The summed E-state index contributed by atoms with van der Waals surface area (Å²) < 4.78 is 5.36. The van der Waals surface area contributed by atoms with Gasteiger partial charge in [-0.1, -0.05) is 40.7 Å². The van der Waals surface area contributed by atoms with Crippen molar-refractivity contribution in [1.82, 2.24) is 0 Å². The minimum absolute atomic E-state index is 0.0844. The highest BCUT2D eigenvalue weighted by atomic mass is 16.3. The third-order valence-corrected chi connectivity index (χ3v) is 10.3. The van der Waals surface area contributed by atoms with E-state index in [-0.39, 0.29) is 46.1 Å². The molecule has 0 aliphatic heterocycles. The zero-order valence-corrected chi connectivity index (χ0v) is 18.8. The van der Waals surface area contributed by atoms with Crippen molar-refractivity contribution in [2.75, 3.05) is 0 Å². The number of rotatable bonds is 1. The minimum Gasteiger partial charge on any atom is -0.472 e. The van der Waals surface area contributed by atoms with E-state index in [1.165, 1.54) is 0 Å². The summed E-state index contributed by atoms with van der Waals surface area (Å²) in [7, 11) is 0. The first-order valence-corrected chi connectivity index (χ1v) is 11.4. The molecule has 4 nitrogen and oxygen atoms in total. The van der Waals surface area contributed by atoms with Crippen LogP contribution in [0.2, 0.25) is 0 Å². The van der Waals surface area contributed by atoms with Crippen molar-refractivity contribution in [2.24, 2.45) is 39.4 Å². The standard InChI is InChI=1S/C26H34O4/c1-23(2)19-13-21(29)26(5)18(25(19,4)10-7-20(23)28)6-9-24(3)16(12-17(27)22(24)26)15-8-11-30-14-15/h7-8,10-11,14,16,18-19,21-22,29H,6,9,12-13H2,1-5H3/t16-,18+,19-,21+,22+,24-,25+,26-/m0/s1. The Kier molecular flexibility index (Phi) is 4.02. The van der Waals surface area contributed by atoms with Gasteiger partial charge in [0.1, 0.15) is 5.78 Å². The molecule has 0 aromatic carbocycles. The molecule has 8 atom stereocenters. The number of allylic oxidation sites excluding steroid dienone is 2. The Bertz CT molecular complexity index is 927. The van der Waals surface area contributed by atoms with E-state index in [1.807, 2.05) is 19.9 Å². The summed E-state index contributed by atoms with van der Waals surface area (Å²) in [6.45, 7) is 10.7. The van der Waals surface area contributed by atoms with Gasteiger partial charge in [0.25, 0.3) is 0 Å².